The van der Waals surface area contributed by atoms with Gasteiger partial charge in [0.1, 0.15) is 10.8 Å². The molecule has 0 bridgehead atoms. The zero-order valence-corrected chi connectivity index (χ0v) is 9.21. The van der Waals surface area contributed by atoms with Crippen molar-refractivity contribution in [3.05, 3.63) is 40.7 Å². The molecular weight excluding hydrogens is 229 g/mol. The van der Waals surface area contributed by atoms with Crippen molar-refractivity contribution in [2.24, 2.45) is 0 Å². The maximum Gasteiger partial charge on any atom is 0.355 e. The van der Waals surface area contributed by atoms with Gasteiger partial charge in [-0.2, -0.15) is 0 Å². The first-order valence-electron chi connectivity index (χ1n) is 4.54. The number of aromatic nitrogens is 1. The van der Waals surface area contributed by atoms with Gasteiger partial charge in [-0.1, -0.05) is 12.1 Å². The van der Waals surface area contributed by atoms with Crippen molar-refractivity contribution in [1.82, 2.24) is 4.98 Å². The van der Waals surface area contributed by atoms with Gasteiger partial charge in [0.25, 0.3) is 0 Å². The van der Waals surface area contributed by atoms with Crippen molar-refractivity contribution in [3.8, 4) is 10.6 Å². The Hall–Kier alpha value is -1.75. The minimum Gasteiger partial charge on any atom is -0.476 e. The topological polar surface area (TPSA) is 50.2 Å². The molecule has 0 saturated carbocycles. The third kappa shape index (κ3) is 1.81. The van der Waals surface area contributed by atoms with Crippen LogP contribution in [0.1, 0.15) is 16.1 Å². The highest BCUT2D eigenvalue weighted by Gasteiger charge is 2.12. The zero-order chi connectivity index (χ0) is 11.7. The Morgan fingerprint density at radius 2 is 2.25 bits per heavy atom. The largest absolute Gasteiger partial charge is 0.476 e. The molecule has 0 amide bonds. The minimum atomic E-state index is -1.07. The van der Waals surface area contributed by atoms with Gasteiger partial charge in [-0.15, -0.1) is 11.3 Å². The van der Waals surface area contributed by atoms with Crippen LogP contribution in [0.15, 0.2) is 23.6 Å². The lowest BCUT2D eigenvalue weighted by Gasteiger charge is -2.02. The molecule has 0 fully saturated rings. The maximum absolute atomic E-state index is 13.3. The van der Waals surface area contributed by atoms with Gasteiger partial charge < -0.3 is 5.11 Å². The van der Waals surface area contributed by atoms with Crippen LogP contribution in [-0.2, 0) is 0 Å². The van der Waals surface area contributed by atoms with E-state index in [0.717, 1.165) is 0 Å². The SMILES string of the molecule is Cc1c(F)cccc1-c1nc(C(=O)O)cs1. The van der Waals surface area contributed by atoms with Crippen LogP contribution >= 0.6 is 11.3 Å². The first-order valence-corrected chi connectivity index (χ1v) is 5.42. The number of thiazole rings is 1. The van der Waals surface area contributed by atoms with Gasteiger partial charge in [0, 0.05) is 10.9 Å². The van der Waals surface area contributed by atoms with Crippen molar-refractivity contribution in [2.45, 2.75) is 6.92 Å². The molecule has 2 aromatic rings. The Morgan fingerprint density at radius 3 is 2.88 bits per heavy atom. The Labute approximate surface area is 95.2 Å². The van der Waals surface area contributed by atoms with Crippen LogP contribution in [0.4, 0.5) is 4.39 Å². The van der Waals surface area contributed by atoms with Gasteiger partial charge in [-0.05, 0) is 18.6 Å². The fraction of sp³-hybridized carbons (Fsp3) is 0.0909. The normalized spacial score (nSPS) is 10.4. The van der Waals surface area contributed by atoms with Crippen molar-refractivity contribution < 1.29 is 14.3 Å². The van der Waals surface area contributed by atoms with Crippen LogP contribution in [0.2, 0.25) is 0 Å². The van der Waals surface area contributed by atoms with Crippen molar-refractivity contribution in [2.75, 3.05) is 0 Å². The van der Waals surface area contributed by atoms with Gasteiger partial charge in [0.05, 0.1) is 0 Å². The standard InChI is InChI=1S/C11H8FNO2S/c1-6-7(3-2-4-8(6)12)10-13-9(5-16-10)11(14)15/h2-5H,1H3,(H,14,15). The number of hydrogen-bond donors (Lipinski definition) is 1. The van der Waals surface area contributed by atoms with E-state index in [4.69, 9.17) is 5.11 Å². The van der Waals surface area contributed by atoms with Crippen LogP contribution in [0.5, 0.6) is 0 Å². The molecular formula is C11H8FNO2S. The molecule has 1 heterocycles. The molecule has 16 heavy (non-hydrogen) atoms. The summed E-state index contributed by atoms with van der Waals surface area (Å²) in [6.07, 6.45) is 0. The molecule has 0 aliphatic carbocycles. The molecule has 0 aliphatic rings. The summed E-state index contributed by atoms with van der Waals surface area (Å²) in [6.45, 7) is 1.65. The lowest BCUT2D eigenvalue weighted by Crippen LogP contribution is -1.96. The smallest absolute Gasteiger partial charge is 0.355 e. The maximum atomic E-state index is 13.3. The third-order valence-electron chi connectivity index (χ3n) is 2.22. The number of rotatable bonds is 2. The number of hydrogen-bond acceptors (Lipinski definition) is 3. The molecule has 0 atom stereocenters. The fourth-order valence-electron chi connectivity index (χ4n) is 1.33. The summed E-state index contributed by atoms with van der Waals surface area (Å²) in [7, 11) is 0. The van der Waals surface area contributed by atoms with Gasteiger partial charge in [0.15, 0.2) is 5.69 Å². The lowest BCUT2D eigenvalue weighted by atomic mass is 10.1. The second-order valence-corrected chi connectivity index (χ2v) is 4.11. The van der Waals surface area contributed by atoms with E-state index in [2.05, 4.69) is 4.98 Å². The number of carboxylic acid groups (broad SMARTS) is 1. The molecule has 0 spiro atoms. The molecule has 5 heteroatoms. The highest BCUT2D eigenvalue weighted by atomic mass is 32.1. The monoisotopic (exact) mass is 237 g/mol. The summed E-state index contributed by atoms with van der Waals surface area (Å²) in [6, 6.07) is 4.67. The quantitative estimate of drug-likeness (QED) is 0.873. The van der Waals surface area contributed by atoms with Gasteiger partial charge in [-0.3, -0.25) is 0 Å². The number of benzene rings is 1. The zero-order valence-electron chi connectivity index (χ0n) is 8.40. The van der Waals surface area contributed by atoms with E-state index in [1.807, 2.05) is 0 Å². The van der Waals surface area contributed by atoms with Crippen LogP contribution in [0.3, 0.4) is 0 Å². The number of halogens is 1. The van der Waals surface area contributed by atoms with Crippen molar-refractivity contribution >= 4 is 17.3 Å². The molecule has 0 unspecified atom stereocenters. The van der Waals surface area contributed by atoms with Crippen LogP contribution in [-0.4, -0.2) is 16.1 Å². The summed E-state index contributed by atoms with van der Waals surface area (Å²) >= 11 is 1.20. The van der Waals surface area contributed by atoms with E-state index in [1.165, 1.54) is 22.8 Å². The number of carboxylic acids is 1. The summed E-state index contributed by atoms with van der Waals surface area (Å²) in [5.74, 6) is -1.39. The second kappa shape index (κ2) is 4.02. The van der Waals surface area contributed by atoms with E-state index >= 15 is 0 Å². The lowest BCUT2D eigenvalue weighted by molar-refractivity contribution is 0.0691. The fourth-order valence-corrected chi connectivity index (χ4v) is 2.21. The molecule has 1 N–H and O–H groups in total. The molecule has 1 aromatic carbocycles. The van der Waals surface area contributed by atoms with E-state index < -0.39 is 5.97 Å². The average Bonchev–Trinajstić information content (AvgIpc) is 2.71. The Bertz CT molecular complexity index is 551. The average molecular weight is 237 g/mol. The summed E-state index contributed by atoms with van der Waals surface area (Å²) in [4.78, 5) is 14.6. The predicted molar refractivity (Wildman–Crippen MR) is 59.2 cm³/mol. The number of carbonyl (C=O) groups is 1. The Balaban J connectivity index is 2.50. The van der Waals surface area contributed by atoms with Crippen molar-refractivity contribution in [1.29, 1.82) is 0 Å². The Kier molecular flexibility index (Phi) is 2.70. The molecule has 0 saturated heterocycles. The highest BCUT2D eigenvalue weighted by Crippen LogP contribution is 2.27. The molecule has 0 aliphatic heterocycles. The molecule has 0 radical (unpaired) electrons. The van der Waals surface area contributed by atoms with E-state index in [-0.39, 0.29) is 11.5 Å². The van der Waals surface area contributed by atoms with Gasteiger partial charge in [-0.25, -0.2) is 14.2 Å². The number of aromatic carboxylic acids is 1. The molecule has 2 rings (SSSR count). The van der Waals surface area contributed by atoms with E-state index in [9.17, 15) is 9.18 Å². The van der Waals surface area contributed by atoms with Gasteiger partial charge in [0.2, 0.25) is 0 Å². The van der Waals surface area contributed by atoms with Crippen LogP contribution in [0, 0.1) is 12.7 Å². The van der Waals surface area contributed by atoms with Crippen LogP contribution in [0.25, 0.3) is 10.6 Å². The Morgan fingerprint density at radius 1 is 1.50 bits per heavy atom. The minimum absolute atomic E-state index is 0.0105. The first kappa shape index (κ1) is 10.8. The first-order chi connectivity index (χ1) is 7.59. The molecule has 82 valence electrons. The van der Waals surface area contributed by atoms with Crippen molar-refractivity contribution in [3.63, 3.8) is 0 Å². The highest BCUT2D eigenvalue weighted by molar-refractivity contribution is 7.13. The summed E-state index contributed by atoms with van der Waals surface area (Å²) in [5, 5.41) is 10.7. The summed E-state index contributed by atoms with van der Waals surface area (Å²) in [5.41, 5.74) is 1.11. The molecule has 1 aromatic heterocycles. The predicted octanol–water partition coefficient (Wildman–Crippen LogP) is 2.96. The number of nitrogens with zero attached hydrogens (tertiary/aromatic N) is 1. The van der Waals surface area contributed by atoms with Crippen LogP contribution < -0.4 is 0 Å². The van der Waals surface area contributed by atoms with E-state index in [0.29, 0.717) is 16.1 Å². The third-order valence-corrected chi connectivity index (χ3v) is 3.10. The van der Waals surface area contributed by atoms with E-state index in [1.54, 1.807) is 19.1 Å². The summed E-state index contributed by atoms with van der Waals surface area (Å²) < 4.78 is 13.3. The van der Waals surface area contributed by atoms with Gasteiger partial charge >= 0.3 is 5.97 Å². The second-order valence-electron chi connectivity index (χ2n) is 3.26. The molecule has 3 nitrogen and oxygen atoms in total.